The summed E-state index contributed by atoms with van der Waals surface area (Å²) in [4.78, 5) is 14.2. The molecule has 2 N–H and O–H groups in total. The average Bonchev–Trinajstić information content (AvgIpc) is 3.41. The molecule has 2 aromatic rings. The standard InChI is InChI=1S/C24H29ClN2O6/c1-30-19-3-2-4-20(10-19)31-14-18(28)13-27-17(5-6-24(27)29)7-8-26-12-16-9-22-23(11-21(16)25)33-15-32-22/h2-4,9-11,17-18,26,28H,5-8,12-15H2,1H3/t17-,18-/m0/s1. The first-order chi connectivity index (χ1) is 16.0. The van der Waals surface area contributed by atoms with E-state index in [4.69, 9.17) is 30.5 Å². The Hall–Kier alpha value is -2.68. The largest absolute Gasteiger partial charge is 0.497 e. The minimum Gasteiger partial charge on any atom is -0.497 e. The number of carbonyl (C=O) groups is 1. The fraction of sp³-hybridized carbons (Fsp3) is 0.458. The predicted molar refractivity (Wildman–Crippen MR) is 123 cm³/mol. The van der Waals surface area contributed by atoms with Gasteiger partial charge in [-0.15, -0.1) is 0 Å². The Bertz CT molecular complexity index is 972. The molecule has 8 nitrogen and oxygen atoms in total. The summed E-state index contributed by atoms with van der Waals surface area (Å²) in [7, 11) is 1.59. The average molecular weight is 477 g/mol. The normalized spacial score (nSPS) is 18.0. The van der Waals surface area contributed by atoms with Gasteiger partial charge in [0.25, 0.3) is 0 Å². The number of methoxy groups -OCH3 is 1. The van der Waals surface area contributed by atoms with E-state index >= 15 is 0 Å². The van der Waals surface area contributed by atoms with E-state index in [9.17, 15) is 9.90 Å². The summed E-state index contributed by atoms with van der Waals surface area (Å²) in [5.74, 6) is 2.74. The van der Waals surface area contributed by atoms with Gasteiger partial charge < -0.3 is 34.3 Å². The molecule has 4 rings (SSSR count). The van der Waals surface area contributed by atoms with Crippen molar-refractivity contribution in [3.63, 3.8) is 0 Å². The highest BCUT2D eigenvalue weighted by atomic mass is 35.5. The molecular weight excluding hydrogens is 448 g/mol. The molecule has 0 aliphatic carbocycles. The van der Waals surface area contributed by atoms with Gasteiger partial charge in [-0.1, -0.05) is 17.7 Å². The lowest BCUT2D eigenvalue weighted by Gasteiger charge is -2.27. The van der Waals surface area contributed by atoms with Gasteiger partial charge in [0.1, 0.15) is 24.2 Å². The fourth-order valence-electron chi connectivity index (χ4n) is 4.09. The SMILES string of the molecule is COc1cccc(OC[C@@H](O)CN2C(=O)CC[C@H]2CCNCc2cc3c(cc2Cl)OCO3)c1. The quantitative estimate of drug-likeness (QED) is 0.482. The van der Waals surface area contributed by atoms with Crippen molar-refractivity contribution in [1.82, 2.24) is 10.2 Å². The van der Waals surface area contributed by atoms with Crippen LogP contribution in [0.3, 0.4) is 0 Å². The molecule has 1 fully saturated rings. The van der Waals surface area contributed by atoms with Crippen molar-refractivity contribution in [2.24, 2.45) is 0 Å². The summed E-state index contributed by atoms with van der Waals surface area (Å²) < 4.78 is 21.6. The Morgan fingerprint density at radius 1 is 1.24 bits per heavy atom. The number of carbonyl (C=O) groups excluding carboxylic acids is 1. The Labute approximate surface area is 198 Å². The molecule has 0 aromatic heterocycles. The third kappa shape index (κ3) is 6.01. The minimum atomic E-state index is -0.777. The van der Waals surface area contributed by atoms with Crippen LogP contribution < -0.4 is 24.3 Å². The molecule has 2 aliphatic heterocycles. The van der Waals surface area contributed by atoms with Crippen LogP contribution in [0.1, 0.15) is 24.8 Å². The van der Waals surface area contributed by atoms with Crippen LogP contribution in [0.5, 0.6) is 23.0 Å². The Morgan fingerprint density at radius 2 is 2.03 bits per heavy atom. The van der Waals surface area contributed by atoms with Gasteiger partial charge in [0.15, 0.2) is 11.5 Å². The van der Waals surface area contributed by atoms with Gasteiger partial charge in [-0.3, -0.25) is 4.79 Å². The van der Waals surface area contributed by atoms with E-state index in [1.54, 1.807) is 30.2 Å². The zero-order chi connectivity index (χ0) is 23.2. The molecule has 1 amide bonds. The number of benzene rings is 2. The van der Waals surface area contributed by atoms with Crippen LogP contribution in [0.15, 0.2) is 36.4 Å². The lowest BCUT2D eigenvalue weighted by molar-refractivity contribution is -0.130. The third-order valence-corrected chi connectivity index (χ3v) is 6.21. The van der Waals surface area contributed by atoms with Crippen molar-refractivity contribution < 1.29 is 28.8 Å². The van der Waals surface area contributed by atoms with Crippen molar-refractivity contribution in [2.45, 2.75) is 38.0 Å². The molecule has 2 heterocycles. The molecule has 9 heteroatoms. The van der Waals surface area contributed by atoms with Gasteiger partial charge >= 0.3 is 0 Å². The van der Waals surface area contributed by atoms with Crippen molar-refractivity contribution >= 4 is 17.5 Å². The van der Waals surface area contributed by atoms with Crippen LogP contribution in [-0.4, -0.2) is 61.7 Å². The highest BCUT2D eigenvalue weighted by Crippen LogP contribution is 2.36. The lowest BCUT2D eigenvalue weighted by Crippen LogP contribution is -2.42. The molecule has 0 saturated carbocycles. The van der Waals surface area contributed by atoms with Gasteiger partial charge in [-0.25, -0.2) is 0 Å². The summed E-state index contributed by atoms with van der Waals surface area (Å²) in [5.41, 5.74) is 0.936. The van der Waals surface area contributed by atoms with Crippen LogP contribution in [0.2, 0.25) is 5.02 Å². The van der Waals surface area contributed by atoms with Crippen LogP contribution in [0.4, 0.5) is 0 Å². The highest BCUT2D eigenvalue weighted by molar-refractivity contribution is 6.31. The third-order valence-electron chi connectivity index (χ3n) is 5.85. The van der Waals surface area contributed by atoms with Crippen molar-refractivity contribution in [3.8, 4) is 23.0 Å². The highest BCUT2D eigenvalue weighted by Gasteiger charge is 2.32. The van der Waals surface area contributed by atoms with Crippen LogP contribution >= 0.6 is 11.6 Å². The fourth-order valence-corrected chi connectivity index (χ4v) is 4.31. The molecule has 33 heavy (non-hydrogen) atoms. The second-order valence-electron chi connectivity index (χ2n) is 8.14. The van der Waals surface area contributed by atoms with Crippen LogP contribution in [-0.2, 0) is 11.3 Å². The first-order valence-electron chi connectivity index (χ1n) is 11.1. The summed E-state index contributed by atoms with van der Waals surface area (Å²) >= 11 is 6.33. The number of aliphatic hydroxyl groups is 1. The maximum atomic E-state index is 12.4. The molecule has 0 bridgehead atoms. The number of nitrogens with one attached hydrogen (secondary N) is 1. The van der Waals surface area contributed by atoms with Gasteiger partial charge in [0, 0.05) is 36.2 Å². The first kappa shape index (κ1) is 23.5. The number of rotatable bonds is 11. The second kappa shape index (κ2) is 11.0. The van der Waals surface area contributed by atoms with Crippen molar-refractivity contribution in [3.05, 3.63) is 47.0 Å². The van der Waals surface area contributed by atoms with E-state index in [1.165, 1.54) is 0 Å². The predicted octanol–water partition coefficient (Wildman–Crippen LogP) is 2.99. The summed E-state index contributed by atoms with van der Waals surface area (Å²) in [5, 5.41) is 14.5. The second-order valence-corrected chi connectivity index (χ2v) is 8.55. The molecule has 1 saturated heterocycles. The van der Waals surface area contributed by atoms with Crippen molar-refractivity contribution in [2.75, 3.05) is 33.6 Å². The van der Waals surface area contributed by atoms with E-state index in [0.29, 0.717) is 41.0 Å². The summed E-state index contributed by atoms with van der Waals surface area (Å²) in [6.07, 6.45) is 1.30. The number of hydrogen-bond acceptors (Lipinski definition) is 7. The number of hydrogen-bond donors (Lipinski definition) is 2. The van der Waals surface area contributed by atoms with Gasteiger partial charge in [0.2, 0.25) is 12.7 Å². The monoisotopic (exact) mass is 476 g/mol. The Balaban J connectivity index is 1.22. The van der Waals surface area contributed by atoms with Gasteiger partial charge in [0.05, 0.1) is 13.7 Å². The topological polar surface area (TPSA) is 89.5 Å². The van der Waals surface area contributed by atoms with Crippen LogP contribution in [0, 0.1) is 0 Å². The van der Waals surface area contributed by atoms with Gasteiger partial charge in [-0.05, 0) is 43.1 Å². The number of aliphatic hydroxyl groups excluding tert-OH is 1. The number of ether oxygens (including phenoxy) is 4. The van der Waals surface area contributed by atoms with Crippen molar-refractivity contribution in [1.29, 1.82) is 0 Å². The zero-order valence-electron chi connectivity index (χ0n) is 18.6. The molecule has 2 aliphatic rings. The molecule has 2 atom stereocenters. The molecule has 0 unspecified atom stereocenters. The maximum absolute atomic E-state index is 12.4. The smallest absolute Gasteiger partial charge is 0.231 e. The minimum absolute atomic E-state index is 0.0687. The maximum Gasteiger partial charge on any atom is 0.231 e. The molecule has 0 radical (unpaired) electrons. The Kier molecular flexibility index (Phi) is 7.80. The zero-order valence-corrected chi connectivity index (χ0v) is 19.3. The number of fused-ring (bicyclic) bond motifs is 1. The van der Waals surface area contributed by atoms with Crippen LogP contribution in [0.25, 0.3) is 0 Å². The number of likely N-dealkylation sites (tertiary alicyclic amines) is 1. The number of halogens is 1. The number of β-amino-alcohol motifs (C(OH)–C–C–N with tert-alkyl or cyclic N) is 1. The van der Waals surface area contributed by atoms with E-state index in [2.05, 4.69) is 5.32 Å². The van der Waals surface area contributed by atoms with Gasteiger partial charge in [-0.2, -0.15) is 0 Å². The van der Waals surface area contributed by atoms with E-state index in [-0.39, 0.29) is 31.9 Å². The number of nitrogens with zero attached hydrogens (tertiary/aromatic N) is 1. The lowest BCUT2D eigenvalue weighted by atomic mass is 10.1. The van der Waals surface area contributed by atoms with E-state index in [0.717, 1.165) is 24.9 Å². The summed E-state index contributed by atoms with van der Waals surface area (Å²) in [6, 6.07) is 11.0. The number of amides is 1. The Morgan fingerprint density at radius 3 is 2.85 bits per heavy atom. The first-order valence-corrected chi connectivity index (χ1v) is 11.4. The molecule has 0 spiro atoms. The summed E-state index contributed by atoms with van der Waals surface area (Å²) in [6.45, 7) is 1.87. The molecule has 178 valence electrons. The molecular formula is C24H29ClN2O6. The van der Waals surface area contributed by atoms with E-state index in [1.807, 2.05) is 18.2 Å². The molecule has 2 aromatic carbocycles. The van der Waals surface area contributed by atoms with E-state index < -0.39 is 6.10 Å².